The van der Waals surface area contributed by atoms with Gasteiger partial charge >= 0.3 is 0 Å². The Bertz CT molecular complexity index is 465. The number of carbonyl (C=O) groups excluding carboxylic acids is 1. The van der Waals surface area contributed by atoms with Crippen LogP contribution in [0.25, 0.3) is 0 Å². The van der Waals surface area contributed by atoms with Crippen molar-refractivity contribution in [2.45, 2.75) is 32.5 Å². The molecule has 0 radical (unpaired) electrons. The molecule has 1 aromatic rings. The Hall–Kier alpha value is -1.66. The zero-order valence-corrected chi connectivity index (χ0v) is 11.9. The molecule has 2 N–H and O–H groups in total. The minimum absolute atomic E-state index is 0.0748. The van der Waals surface area contributed by atoms with E-state index in [1.807, 2.05) is 24.8 Å². The van der Waals surface area contributed by atoms with E-state index in [-0.39, 0.29) is 18.6 Å². The fourth-order valence-electron chi connectivity index (χ4n) is 2.27. The number of aliphatic hydroxyl groups is 1. The van der Waals surface area contributed by atoms with Crippen LogP contribution in [0.2, 0.25) is 0 Å². The molecule has 0 aliphatic carbocycles. The molecular formula is C14H21N3O3. The molecule has 1 unspecified atom stereocenters. The molecule has 0 spiro atoms. The van der Waals surface area contributed by atoms with Gasteiger partial charge in [0.05, 0.1) is 19.8 Å². The van der Waals surface area contributed by atoms with Crippen LogP contribution < -0.4 is 10.2 Å². The lowest BCUT2D eigenvalue weighted by Gasteiger charge is -2.36. The second kappa shape index (κ2) is 6.67. The van der Waals surface area contributed by atoms with E-state index in [1.165, 1.54) is 0 Å². The number of morpholine rings is 1. The van der Waals surface area contributed by atoms with Gasteiger partial charge in [-0.15, -0.1) is 0 Å². The molecule has 1 aromatic heterocycles. The van der Waals surface area contributed by atoms with Gasteiger partial charge in [0.15, 0.2) is 0 Å². The fourth-order valence-corrected chi connectivity index (χ4v) is 2.27. The van der Waals surface area contributed by atoms with Crippen LogP contribution in [-0.2, 0) is 16.1 Å². The molecule has 1 atom stereocenters. The van der Waals surface area contributed by atoms with E-state index in [0.29, 0.717) is 25.6 Å². The Labute approximate surface area is 118 Å². The van der Waals surface area contributed by atoms with Crippen LogP contribution in [0.1, 0.15) is 19.4 Å². The Morgan fingerprint density at radius 1 is 1.65 bits per heavy atom. The van der Waals surface area contributed by atoms with E-state index < -0.39 is 6.04 Å². The number of hydrogen-bond acceptors (Lipinski definition) is 5. The SMILES string of the molecule is CC(C)NC(=O)C1COCCN1c1ncccc1CO. The normalized spacial score (nSPS) is 19.2. The predicted octanol–water partition coefficient (Wildman–Crippen LogP) is 0.304. The first-order valence-corrected chi connectivity index (χ1v) is 6.83. The van der Waals surface area contributed by atoms with Gasteiger partial charge in [0.2, 0.25) is 5.91 Å². The van der Waals surface area contributed by atoms with Crippen molar-refractivity contribution in [3.63, 3.8) is 0 Å². The number of ether oxygens (including phenoxy) is 1. The maximum absolute atomic E-state index is 12.3. The molecule has 6 heteroatoms. The van der Waals surface area contributed by atoms with Gasteiger partial charge in [-0.2, -0.15) is 0 Å². The van der Waals surface area contributed by atoms with E-state index in [0.717, 1.165) is 5.56 Å². The largest absolute Gasteiger partial charge is 0.392 e. The van der Waals surface area contributed by atoms with Crippen molar-refractivity contribution in [2.24, 2.45) is 0 Å². The first-order valence-electron chi connectivity index (χ1n) is 6.83. The quantitative estimate of drug-likeness (QED) is 0.829. The average Bonchev–Trinajstić information content (AvgIpc) is 2.46. The van der Waals surface area contributed by atoms with E-state index in [9.17, 15) is 9.90 Å². The summed E-state index contributed by atoms with van der Waals surface area (Å²) in [6.07, 6.45) is 1.67. The number of amides is 1. The lowest BCUT2D eigenvalue weighted by atomic mass is 10.1. The van der Waals surface area contributed by atoms with Crippen molar-refractivity contribution in [3.8, 4) is 0 Å². The number of anilines is 1. The second-order valence-corrected chi connectivity index (χ2v) is 5.09. The standard InChI is InChI=1S/C14H21N3O3/c1-10(2)16-14(19)12-9-20-7-6-17(12)13-11(8-18)4-3-5-15-13/h3-5,10,12,18H,6-9H2,1-2H3,(H,16,19). The molecule has 1 aliphatic rings. The van der Waals surface area contributed by atoms with Crippen LogP contribution in [0, 0.1) is 0 Å². The number of nitrogens with one attached hydrogen (secondary N) is 1. The van der Waals surface area contributed by atoms with Crippen molar-refractivity contribution in [3.05, 3.63) is 23.9 Å². The number of carbonyl (C=O) groups is 1. The molecule has 1 fully saturated rings. The number of aromatic nitrogens is 1. The summed E-state index contributed by atoms with van der Waals surface area (Å²) >= 11 is 0. The van der Waals surface area contributed by atoms with Gasteiger partial charge in [-0.05, 0) is 19.9 Å². The summed E-state index contributed by atoms with van der Waals surface area (Å²) in [6.45, 7) is 5.21. The zero-order valence-electron chi connectivity index (χ0n) is 11.9. The summed E-state index contributed by atoms with van der Waals surface area (Å²) < 4.78 is 5.42. The Balaban J connectivity index is 2.24. The van der Waals surface area contributed by atoms with Gasteiger partial charge in [0, 0.05) is 24.3 Å². The zero-order chi connectivity index (χ0) is 14.5. The first-order chi connectivity index (χ1) is 9.63. The number of pyridine rings is 1. The molecule has 1 aliphatic heterocycles. The van der Waals surface area contributed by atoms with Crippen LogP contribution in [0.4, 0.5) is 5.82 Å². The van der Waals surface area contributed by atoms with E-state index in [4.69, 9.17) is 4.74 Å². The molecule has 2 heterocycles. The molecule has 2 rings (SSSR count). The molecule has 0 bridgehead atoms. The third-order valence-corrected chi connectivity index (χ3v) is 3.17. The maximum Gasteiger partial charge on any atom is 0.245 e. The van der Waals surface area contributed by atoms with Gasteiger partial charge in [-0.25, -0.2) is 4.98 Å². The molecule has 110 valence electrons. The third kappa shape index (κ3) is 3.26. The highest BCUT2D eigenvalue weighted by molar-refractivity contribution is 5.85. The number of nitrogens with zero attached hydrogens (tertiary/aromatic N) is 2. The van der Waals surface area contributed by atoms with Gasteiger partial charge in [0.1, 0.15) is 11.9 Å². The van der Waals surface area contributed by atoms with Gasteiger partial charge < -0.3 is 20.1 Å². The summed E-state index contributed by atoms with van der Waals surface area (Å²) in [7, 11) is 0. The van der Waals surface area contributed by atoms with E-state index in [2.05, 4.69) is 10.3 Å². The van der Waals surface area contributed by atoms with Crippen molar-refractivity contribution in [1.82, 2.24) is 10.3 Å². The van der Waals surface area contributed by atoms with Gasteiger partial charge in [0.25, 0.3) is 0 Å². The lowest BCUT2D eigenvalue weighted by molar-refractivity contribution is -0.125. The number of aliphatic hydroxyl groups excluding tert-OH is 1. The van der Waals surface area contributed by atoms with Gasteiger partial charge in [-0.1, -0.05) is 6.07 Å². The highest BCUT2D eigenvalue weighted by atomic mass is 16.5. The van der Waals surface area contributed by atoms with Crippen molar-refractivity contribution in [2.75, 3.05) is 24.7 Å². The summed E-state index contributed by atoms with van der Waals surface area (Å²) in [5.41, 5.74) is 0.719. The molecule has 0 saturated carbocycles. The topological polar surface area (TPSA) is 74.7 Å². The van der Waals surface area contributed by atoms with Crippen LogP contribution in [0.5, 0.6) is 0 Å². The highest BCUT2D eigenvalue weighted by Crippen LogP contribution is 2.22. The summed E-state index contributed by atoms with van der Waals surface area (Å²) in [4.78, 5) is 18.5. The molecule has 1 amide bonds. The van der Waals surface area contributed by atoms with Crippen LogP contribution in [0.15, 0.2) is 18.3 Å². The van der Waals surface area contributed by atoms with Crippen LogP contribution in [0.3, 0.4) is 0 Å². The van der Waals surface area contributed by atoms with Gasteiger partial charge in [-0.3, -0.25) is 4.79 Å². The monoisotopic (exact) mass is 279 g/mol. The smallest absolute Gasteiger partial charge is 0.245 e. The summed E-state index contributed by atoms with van der Waals surface area (Å²) in [5, 5.41) is 12.3. The number of rotatable bonds is 4. The molecule has 6 nitrogen and oxygen atoms in total. The molecular weight excluding hydrogens is 258 g/mol. The Kier molecular flexibility index (Phi) is 4.92. The Morgan fingerprint density at radius 3 is 3.15 bits per heavy atom. The lowest BCUT2D eigenvalue weighted by Crippen LogP contribution is -2.55. The first kappa shape index (κ1) is 14.7. The van der Waals surface area contributed by atoms with Crippen LogP contribution in [-0.4, -0.2) is 47.8 Å². The van der Waals surface area contributed by atoms with Crippen LogP contribution >= 0.6 is 0 Å². The molecule has 0 aromatic carbocycles. The average molecular weight is 279 g/mol. The number of hydrogen-bond donors (Lipinski definition) is 2. The van der Waals surface area contributed by atoms with Crippen molar-refractivity contribution in [1.29, 1.82) is 0 Å². The maximum atomic E-state index is 12.3. The molecule has 20 heavy (non-hydrogen) atoms. The van der Waals surface area contributed by atoms with E-state index >= 15 is 0 Å². The van der Waals surface area contributed by atoms with E-state index in [1.54, 1.807) is 12.3 Å². The predicted molar refractivity (Wildman–Crippen MR) is 75.4 cm³/mol. The molecule has 1 saturated heterocycles. The minimum Gasteiger partial charge on any atom is -0.392 e. The third-order valence-electron chi connectivity index (χ3n) is 3.17. The van der Waals surface area contributed by atoms with Crippen molar-refractivity contribution >= 4 is 11.7 Å². The fraction of sp³-hybridized carbons (Fsp3) is 0.571. The van der Waals surface area contributed by atoms with Crippen molar-refractivity contribution < 1.29 is 14.6 Å². The Morgan fingerprint density at radius 2 is 2.45 bits per heavy atom. The minimum atomic E-state index is -0.411. The summed E-state index contributed by atoms with van der Waals surface area (Å²) in [5.74, 6) is 0.580. The highest BCUT2D eigenvalue weighted by Gasteiger charge is 2.31. The summed E-state index contributed by atoms with van der Waals surface area (Å²) in [6, 6.07) is 3.26. The second-order valence-electron chi connectivity index (χ2n) is 5.09.